The number of fused-ring (bicyclic) bond motifs is 7. The molecule has 0 saturated carbocycles. The number of hydrogen-bond donors (Lipinski definition) is 2. The number of rotatable bonds is 14. The molecule has 2 N–H and O–H groups in total. The first-order chi connectivity index (χ1) is 21.6. The zero-order chi connectivity index (χ0) is 30.4. The second-order valence-corrected chi connectivity index (χ2v) is 15.4. The molecule has 7 heteroatoms. The molecule has 3 aromatic carbocycles. The zero-order valence-electron chi connectivity index (χ0n) is 26.0. The summed E-state index contributed by atoms with van der Waals surface area (Å²) in [5.41, 5.74) is 5.46. The highest BCUT2D eigenvalue weighted by molar-refractivity contribution is 8.17. The van der Waals surface area contributed by atoms with Crippen molar-refractivity contribution in [3.63, 3.8) is 0 Å². The molecule has 0 spiro atoms. The molecule has 2 aliphatic rings. The van der Waals surface area contributed by atoms with Gasteiger partial charge < -0.3 is 19.6 Å². The summed E-state index contributed by atoms with van der Waals surface area (Å²) in [6.07, 6.45) is 1.16. The Bertz CT molecular complexity index is 1410. The quantitative estimate of drug-likeness (QED) is 0.139. The lowest BCUT2D eigenvalue weighted by Gasteiger charge is -2.43. The van der Waals surface area contributed by atoms with E-state index in [-0.39, 0.29) is 12.0 Å². The highest BCUT2D eigenvalue weighted by Gasteiger charge is 2.53. The molecule has 2 bridgehead atoms. The molecule has 1 aromatic heterocycles. The number of aliphatic hydroxyl groups excluding tert-OH is 1. The number of H-pyrrole nitrogens is 1. The van der Waals surface area contributed by atoms with E-state index < -0.39 is 11.5 Å². The number of benzene rings is 3. The van der Waals surface area contributed by atoms with Crippen molar-refractivity contribution in [3.8, 4) is 0 Å². The van der Waals surface area contributed by atoms with Crippen LogP contribution in [0, 0.1) is 5.92 Å². The summed E-state index contributed by atoms with van der Waals surface area (Å²) in [6.45, 7) is 8.49. The zero-order valence-corrected chi connectivity index (χ0v) is 27.6. The van der Waals surface area contributed by atoms with Crippen LogP contribution in [0.2, 0.25) is 0 Å². The van der Waals surface area contributed by atoms with Crippen LogP contribution in [0.4, 0.5) is 0 Å². The minimum absolute atomic E-state index is 0.00744. The second kappa shape index (κ2) is 14.9. The van der Waals surface area contributed by atoms with Crippen molar-refractivity contribution in [1.82, 2.24) is 9.88 Å². The maximum atomic E-state index is 12.1. The molecule has 44 heavy (non-hydrogen) atoms. The van der Waals surface area contributed by atoms with E-state index in [0.717, 1.165) is 54.1 Å². The van der Waals surface area contributed by atoms with Gasteiger partial charge in [0.25, 0.3) is 0 Å². The summed E-state index contributed by atoms with van der Waals surface area (Å²) < 4.78 is 13.8. The standard InChI is InChI=1S/C37H46N2O3S2/c1-3-43-34(44-4-2)22-39-20-19-30-33(40)21-32(39)35-29-17-11-12-18-31(29)38-36(35)37(30,25-41-23-27-13-7-5-8-14-27)26-42-24-28-15-9-6-10-16-28/h5-18,30,32-34,38,40H,3-4,19-26H2,1-2H3. The number of aliphatic hydroxyl groups is 1. The fraction of sp³-hybridized carbons (Fsp3) is 0.459. The Morgan fingerprint density at radius 3 is 2.07 bits per heavy atom. The lowest BCUT2D eigenvalue weighted by Crippen LogP contribution is -2.49. The smallest absolute Gasteiger partial charge is 0.0717 e. The van der Waals surface area contributed by atoms with Crippen molar-refractivity contribution in [2.75, 3.05) is 37.8 Å². The number of thioether (sulfide) groups is 2. The molecule has 234 valence electrons. The van der Waals surface area contributed by atoms with Crippen molar-refractivity contribution in [3.05, 3.63) is 107 Å². The van der Waals surface area contributed by atoms with Gasteiger partial charge in [-0.3, -0.25) is 4.90 Å². The van der Waals surface area contributed by atoms with E-state index in [1.165, 1.54) is 16.6 Å². The Morgan fingerprint density at radius 1 is 0.864 bits per heavy atom. The Labute approximate surface area is 271 Å². The number of hydrogen-bond acceptors (Lipinski definition) is 6. The molecule has 3 atom stereocenters. The first kappa shape index (κ1) is 31.7. The average Bonchev–Trinajstić information content (AvgIpc) is 3.31. The van der Waals surface area contributed by atoms with Gasteiger partial charge >= 0.3 is 0 Å². The normalized spacial score (nSPS) is 21.4. The van der Waals surface area contributed by atoms with Gasteiger partial charge in [0.2, 0.25) is 0 Å². The summed E-state index contributed by atoms with van der Waals surface area (Å²) in [5.74, 6) is 2.22. The molecule has 1 fully saturated rings. The third-order valence-electron chi connectivity index (χ3n) is 9.42. The largest absolute Gasteiger partial charge is 0.393 e. The van der Waals surface area contributed by atoms with E-state index in [1.807, 2.05) is 35.7 Å². The number of aromatic nitrogens is 1. The van der Waals surface area contributed by atoms with Gasteiger partial charge in [0, 0.05) is 35.1 Å². The Hall–Kier alpha value is -2.26. The molecule has 2 heterocycles. The lowest BCUT2D eigenvalue weighted by molar-refractivity contribution is -0.0531. The first-order valence-corrected chi connectivity index (χ1v) is 18.2. The highest BCUT2D eigenvalue weighted by atomic mass is 32.2. The van der Waals surface area contributed by atoms with E-state index >= 15 is 0 Å². The lowest BCUT2D eigenvalue weighted by atomic mass is 9.69. The summed E-state index contributed by atoms with van der Waals surface area (Å²) in [6, 6.07) is 29.6. The van der Waals surface area contributed by atoms with E-state index in [0.29, 0.717) is 31.0 Å². The number of ether oxygens (including phenoxy) is 2. The van der Waals surface area contributed by atoms with E-state index in [1.54, 1.807) is 0 Å². The maximum Gasteiger partial charge on any atom is 0.0717 e. The molecule has 1 aliphatic heterocycles. The van der Waals surface area contributed by atoms with Gasteiger partial charge in [0.1, 0.15) is 0 Å². The number of para-hydroxylation sites is 1. The van der Waals surface area contributed by atoms with Crippen LogP contribution in [0.25, 0.3) is 10.9 Å². The summed E-state index contributed by atoms with van der Waals surface area (Å²) in [4.78, 5) is 6.59. The Balaban J connectivity index is 1.41. The molecule has 4 aromatic rings. The minimum Gasteiger partial charge on any atom is -0.393 e. The van der Waals surface area contributed by atoms with Gasteiger partial charge in [0.15, 0.2) is 0 Å². The van der Waals surface area contributed by atoms with Gasteiger partial charge in [-0.2, -0.15) is 0 Å². The number of likely N-dealkylation sites (tertiary alicyclic amines) is 1. The van der Waals surface area contributed by atoms with Gasteiger partial charge in [-0.15, -0.1) is 23.5 Å². The molecular formula is C37H46N2O3S2. The number of nitrogens with zero attached hydrogens (tertiary/aromatic N) is 1. The van der Waals surface area contributed by atoms with Crippen molar-refractivity contribution in [1.29, 1.82) is 0 Å². The van der Waals surface area contributed by atoms with Crippen LogP contribution in [-0.2, 0) is 28.1 Å². The summed E-state index contributed by atoms with van der Waals surface area (Å²) in [5, 5.41) is 13.3. The topological polar surface area (TPSA) is 57.7 Å². The highest BCUT2D eigenvalue weighted by Crippen LogP contribution is 2.52. The second-order valence-electron chi connectivity index (χ2n) is 12.1. The molecule has 3 unspecified atom stereocenters. The summed E-state index contributed by atoms with van der Waals surface area (Å²) >= 11 is 4.10. The van der Waals surface area contributed by atoms with E-state index in [9.17, 15) is 5.11 Å². The van der Waals surface area contributed by atoms with Crippen LogP contribution in [0.5, 0.6) is 0 Å². The molecule has 0 radical (unpaired) electrons. The van der Waals surface area contributed by atoms with Crippen LogP contribution in [-0.4, -0.2) is 63.5 Å². The van der Waals surface area contributed by atoms with Crippen molar-refractivity contribution in [2.24, 2.45) is 5.92 Å². The van der Waals surface area contributed by atoms with Crippen LogP contribution in [0.3, 0.4) is 0 Å². The SMILES string of the molecule is CCSC(CN1CCC2C(O)CC1c1c([nH]c3ccccc13)C2(COCc1ccccc1)COCc1ccccc1)SCC. The van der Waals surface area contributed by atoms with Gasteiger partial charge in [-0.05, 0) is 53.6 Å². The molecule has 1 saturated heterocycles. The van der Waals surface area contributed by atoms with Crippen molar-refractivity contribution < 1.29 is 14.6 Å². The fourth-order valence-corrected chi connectivity index (χ4v) is 9.95. The van der Waals surface area contributed by atoms with Gasteiger partial charge in [-0.1, -0.05) is 92.7 Å². The van der Waals surface area contributed by atoms with Crippen LogP contribution in [0.15, 0.2) is 84.9 Å². The monoisotopic (exact) mass is 630 g/mol. The minimum atomic E-state index is -0.520. The molecule has 0 amide bonds. The third-order valence-corrected chi connectivity index (χ3v) is 11.9. The van der Waals surface area contributed by atoms with Crippen molar-refractivity contribution >= 4 is 34.4 Å². The molecular weight excluding hydrogens is 585 g/mol. The van der Waals surface area contributed by atoms with Crippen LogP contribution in [0.1, 0.15) is 55.1 Å². The molecule has 6 rings (SSSR count). The predicted molar refractivity (Wildman–Crippen MR) is 185 cm³/mol. The van der Waals surface area contributed by atoms with Crippen LogP contribution >= 0.6 is 23.5 Å². The van der Waals surface area contributed by atoms with E-state index in [4.69, 9.17) is 9.47 Å². The molecule has 5 nitrogen and oxygen atoms in total. The van der Waals surface area contributed by atoms with E-state index in [2.05, 4.69) is 96.5 Å². The fourth-order valence-electron chi connectivity index (χ4n) is 7.41. The van der Waals surface area contributed by atoms with Gasteiger partial charge in [0.05, 0.1) is 42.5 Å². The van der Waals surface area contributed by atoms with Gasteiger partial charge in [-0.25, -0.2) is 0 Å². The maximum absolute atomic E-state index is 12.1. The first-order valence-electron chi connectivity index (χ1n) is 16.1. The number of nitrogens with one attached hydrogen (secondary N) is 1. The van der Waals surface area contributed by atoms with Crippen LogP contribution < -0.4 is 0 Å². The molecule has 1 aliphatic carbocycles. The Morgan fingerprint density at radius 2 is 1.45 bits per heavy atom. The predicted octanol–water partition coefficient (Wildman–Crippen LogP) is 7.80. The number of aromatic amines is 1. The Kier molecular flexibility index (Phi) is 10.7. The average molecular weight is 631 g/mol. The summed E-state index contributed by atoms with van der Waals surface area (Å²) in [7, 11) is 0. The third kappa shape index (κ3) is 6.79. The van der Waals surface area contributed by atoms with Crippen molar-refractivity contribution in [2.45, 2.75) is 62.0 Å².